The van der Waals surface area contributed by atoms with Gasteiger partial charge in [-0.3, -0.25) is 9.48 Å². The van der Waals surface area contributed by atoms with Crippen LogP contribution in [0.1, 0.15) is 24.1 Å². The third kappa shape index (κ3) is 3.63. The molecule has 1 saturated heterocycles. The highest BCUT2D eigenvalue weighted by atomic mass is 16.5. The molecule has 0 amide bonds. The summed E-state index contributed by atoms with van der Waals surface area (Å²) in [5.41, 5.74) is 2.53. The molecule has 2 heterocycles. The first-order chi connectivity index (χ1) is 12.5. The van der Waals surface area contributed by atoms with Crippen molar-refractivity contribution in [2.24, 2.45) is 12.5 Å². The zero-order valence-corrected chi connectivity index (χ0v) is 15.9. The first kappa shape index (κ1) is 18.9. The van der Waals surface area contributed by atoms with Crippen molar-refractivity contribution < 1.29 is 9.84 Å². The third-order valence-corrected chi connectivity index (χ3v) is 5.60. The number of rotatable bonds is 6. The second kappa shape index (κ2) is 7.78. The van der Waals surface area contributed by atoms with Gasteiger partial charge in [0.25, 0.3) is 5.56 Å². The van der Waals surface area contributed by atoms with Gasteiger partial charge >= 0.3 is 0 Å². The quantitative estimate of drug-likeness (QED) is 0.853. The van der Waals surface area contributed by atoms with Crippen LogP contribution >= 0.6 is 0 Å². The minimum atomic E-state index is -0.131. The summed E-state index contributed by atoms with van der Waals surface area (Å²) in [5.74, 6) is 0. The van der Waals surface area contributed by atoms with Crippen LogP contribution in [0, 0.1) is 12.3 Å². The molecule has 1 aromatic heterocycles. The maximum atomic E-state index is 13.0. The van der Waals surface area contributed by atoms with Gasteiger partial charge in [0.15, 0.2) is 0 Å². The van der Waals surface area contributed by atoms with Crippen molar-refractivity contribution in [3.8, 4) is 5.69 Å². The van der Waals surface area contributed by atoms with Crippen molar-refractivity contribution >= 4 is 0 Å². The number of para-hydroxylation sites is 1. The van der Waals surface area contributed by atoms with Gasteiger partial charge in [-0.05, 0) is 38.9 Å². The fraction of sp³-hybridized carbons (Fsp3) is 0.550. The molecule has 0 radical (unpaired) electrons. The van der Waals surface area contributed by atoms with Crippen LogP contribution in [-0.2, 0) is 18.3 Å². The largest absolute Gasteiger partial charge is 0.396 e. The van der Waals surface area contributed by atoms with E-state index in [1.54, 1.807) is 4.68 Å². The lowest BCUT2D eigenvalue weighted by molar-refractivity contribution is -0.0318. The van der Waals surface area contributed by atoms with Gasteiger partial charge in [0.1, 0.15) is 0 Å². The van der Waals surface area contributed by atoms with Crippen LogP contribution in [0.3, 0.4) is 0 Å². The standard InChI is InChI=1S/C20H29N3O3/c1-16-18(13-21(2)14-20(15-24)9-11-26-12-10-20)19(25)23(22(16)3)17-7-5-4-6-8-17/h4-8,24H,9-15H2,1-3H3. The fourth-order valence-electron chi connectivity index (χ4n) is 3.87. The van der Waals surface area contributed by atoms with E-state index in [0.29, 0.717) is 19.8 Å². The van der Waals surface area contributed by atoms with Crippen LogP contribution in [0.5, 0.6) is 0 Å². The fourth-order valence-corrected chi connectivity index (χ4v) is 3.87. The Hall–Kier alpha value is -1.89. The van der Waals surface area contributed by atoms with Crippen molar-refractivity contribution in [2.75, 3.05) is 33.4 Å². The van der Waals surface area contributed by atoms with Gasteiger partial charge in [0.2, 0.25) is 0 Å². The molecule has 26 heavy (non-hydrogen) atoms. The topological polar surface area (TPSA) is 59.6 Å². The van der Waals surface area contributed by atoms with Gasteiger partial charge in [0, 0.05) is 44.5 Å². The summed E-state index contributed by atoms with van der Waals surface area (Å²) >= 11 is 0. The van der Waals surface area contributed by atoms with Crippen molar-refractivity contribution in [2.45, 2.75) is 26.3 Å². The van der Waals surface area contributed by atoms with E-state index in [4.69, 9.17) is 4.74 Å². The maximum Gasteiger partial charge on any atom is 0.276 e. The third-order valence-electron chi connectivity index (χ3n) is 5.60. The molecule has 6 heteroatoms. The molecule has 3 rings (SSSR count). The van der Waals surface area contributed by atoms with E-state index < -0.39 is 0 Å². The predicted octanol–water partition coefficient (Wildman–Crippen LogP) is 1.71. The monoisotopic (exact) mass is 359 g/mol. The molecule has 1 fully saturated rings. The lowest BCUT2D eigenvalue weighted by Gasteiger charge is -2.38. The Morgan fingerprint density at radius 2 is 1.88 bits per heavy atom. The van der Waals surface area contributed by atoms with E-state index in [9.17, 15) is 9.90 Å². The Morgan fingerprint density at radius 1 is 1.23 bits per heavy atom. The highest BCUT2D eigenvalue weighted by Crippen LogP contribution is 2.31. The van der Waals surface area contributed by atoms with Gasteiger partial charge in [0.05, 0.1) is 17.9 Å². The van der Waals surface area contributed by atoms with Crippen LogP contribution < -0.4 is 5.56 Å². The molecule has 1 N–H and O–H groups in total. The van der Waals surface area contributed by atoms with Crippen LogP contribution in [0.25, 0.3) is 5.69 Å². The van der Waals surface area contributed by atoms with Gasteiger partial charge in [-0.1, -0.05) is 18.2 Å². The second-order valence-electron chi connectivity index (χ2n) is 7.48. The van der Waals surface area contributed by atoms with E-state index in [0.717, 1.165) is 36.3 Å². The number of benzene rings is 1. The van der Waals surface area contributed by atoms with Gasteiger partial charge in [-0.25, -0.2) is 4.68 Å². The molecule has 1 aromatic carbocycles. The van der Waals surface area contributed by atoms with Crippen molar-refractivity contribution in [1.29, 1.82) is 0 Å². The van der Waals surface area contributed by atoms with E-state index >= 15 is 0 Å². The molecule has 142 valence electrons. The number of aliphatic hydroxyl groups is 1. The summed E-state index contributed by atoms with van der Waals surface area (Å²) in [5, 5.41) is 9.91. The molecule has 0 aliphatic carbocycles. The Labute approximate surface area is 154 Å². The smallest absolute Gasteiger partial charge is 0.276 e. The Morgan fingerprint density at radius 3 is 2.50 bits per heavy atom. The molecule has 0 spiro atoms. The molecular formula is C20H29N3O3. The maximum absolute atomic E-state index is 13.0. The van der Waals surface area contributed by atoms with Gasteiger partial charge in [-0.2, -0.15) is 0 Å². The summed E-state index contributed by atoms with van der Waals surface area (Å²) in [6.45, 7) is 4.86. The van der Waals surface area contributed by atoms with Crippen molar-refractivity contribution in [3.05, 3.63) is 51.9 Å². The Bertz CT molecular complexity index is 789. The van der Waals surface area contributed by atoms with E-state index in [1.165, 1.54) is 0 Å². The number of ether oxygens (including phenoxy) is 1. The minimum Gasteiger partial charge on any atom is -0.396 e. The van der Waals surface area contributed by atoms with Crippen LogP contribution in [0.15, 0.2) is 35.1 Å². The molecule has 0 atom stereocenters. The summed E-state index contributed by atoms with van der Waals surface area (Å²) < 4.78 is 9.08. The Kier molecular flexibility index (Phi) is 5.65. The second-order valence-corrected chi connectivity index (χ2v) is 7.48. The lowest BCUT2D eigenvalue weighted by Crippen LogP contribution is -2.42. The summed E-state index contributed by atoms with van der Waals surface area (Å²) in [6.07, 6.45) is 1.71. The number of hydrogen-bond donors (Lipinski definition) is 1. The zero-order valence-electron chi connectivity index (χ0n) is 15.9. The number of aliphatic hydroxyl groups excluding tert-OH is 1. The molecule has 6 nitrogen and oxygen atoms in total. The van der Waals surface area contributed by atoms with Crippen molar-refractivity contribution in [1.82, 2.24) is 14.3 Å². The first-order valence-electron chi connectivity index (χ1n) is 9.17. The molecule has 0 saturated carbocycles. The molecule has 0 unspecified atom stereocenters. The van der Waals surface area contributed by atoms with E-state index in [1.807, 2.05) is 56.0 Å². The molecular weight excluding hydrogens is 330 g/mol. The minimum absolute atomic E-state index is 0.0214. The normalized spacial score (nSPS) is 17.0. The van der Waals surface area contributed by atoms with E-state index in [2.05, 4.69) is 4.90 Å². The number of aromatic nitrogens is 2. The molecule has 0 bridgehead atoms. The summed E-state index contributed by atoms with van der Waals surface area (Å²) in [4.78, 5) is 15.2. The SMILES string of the molecule is Cc1c(CN(C)CC2(CO)CCOCC2)c(=O)n(-c2ccccc2)n1C. The van der Waals surface area contributed by atoms with E-state index in [-0.39, 0.29) is 17.6 Å². The highest BCUT2D eigenvalue weighted by molar-refractivity contribution is 5.33. The number of hydrogen-bond acceptors (Lipinski definition) is 4. The average molecular weight is 359 g/mol. The molecule has 1 aliphatic rings. The lowest BCUT2D eigenvalue weighted by atomic mass is 9.80. The first-order valence-corrected chi connectivity index (χ1v) is 9.17. The van der Waals surface area contributed by atoms with Crippen LogP contribution in [-0.4, -0.2) is 52.8 Å². The molecule has 2 aromatic rings. The average Bonchev–Trinajstić information content (AvgIpc) is 2.86. The number of nitrogens with zero attached hydrogens (tertiary/aromatic N) is 3. The predicted molar refractivity (Wildman–Crippen MR) is 102 cm³/mol. The molecule has 1 aliphatic heterocycles. The van der Waals surface area contributed by atoms with Crippen LogP contribution in [0.2, 0.25) is 0 Å². The summed E-state index contributed by atoms with van der Waals surface area (Å²) in [7, 11) is 3.94. The highest BCUT2D eigenvalue weighted by Gasteiger charge is 2.33. The van der Waals surface area contributed by atoms with Gasteiger partial charge < -0.3 is 14.7 Å². The zero-order chi connectivity index (χ0) is 18.7. The van der Waals surface area contributed by atoms with Crippen LogP contribution in [0.4, 0.5) is 0 Å². The Balaban J connectivity index is 1.83. The van der Waals surface area contributed by atoms with Gasteiger partial charge in [-0.15, -0.1) is 0 Å². The van der Waals surface area contributed by atoms with Crippen molar-refractivity contribution in [3.63, 3.8) is 0 Å². The summed E-state index contributed by atoms with van der Waals surface area (Å²) in [6, 6.07) is 9.70.